The van der Waals surface area contributed by atoms with Crippen molar-refractivity contribution in [1.29, 1.82) is 0 Å². The minimum absolute atomic E-state index is 0.442. The number of alkyl halides is 3. The molecule has 0 spiro atoms. The number of benzene rings is 1. The fraction of sp³-hybridized carbons (Fsp3) is 0.350. The zero-order valence-corrected chi connectivity index (χ0v) is 16.3. The summed E-state index contributed by atoms with van der Waals surface area (Å²) in [5, 5.41) is 11.5. The fourth-order valence-corrected chi connectivity index (χ4v) is 2.94. The summed E-state index contributed by atoms with van der Waals surface area (Å²) in [7, 11) is 1.85. The van der Waals surface area contributed by atoms with E-state index in [9.17, 15) is 13.2 Å². The first-order chi connectivity index (χ1) is 13.9. The van der Waals surface area contributed by atoms with Gasteiger partial charge in [0, 0.05) is 39.3 Å². The normalized spacial score (nSPS) is 12.4. The first-order valence-electron chi connectivity index (χ1n) is 9.32. The fourth-order valence-electron chi connectivity index (χ4n) is 2.94. The number of hydrogen-bond acceptors (Lipinski definition) is 3. The van der Waals surface area contributed by atoms with Crippen molar-refractivity contribution in [1.82, 2.24) is 24.8 Å². The topological polar surface area (TPSA) is 57.8 Å². The van der Waals surface area contributed by atoms with E-state index < -0.39 is 11.7 Å². The molecule has 0 saturated heterocycles. The molecule has 1 N–H and O–H groups in total. The highest BCUT2D eigenvalue weighted by Gasteiger charge is 2.29. The molecular weight excluding hydrogens is 381 g/mol. The highest BCUT2D eigenvalue weighted by molar-refractivity contribution is 5.79. The Morgan fingerprint density at radius 1 is 1.14 bits per heavy atom. The second-order valence-electron chi connectivity index (χ2n) is 6.58. The maximum Gasteiger partial charge on any atom is 0.416 e. The number of fused-ring (bicyclic) bond motifs is 1. The van der Waals surface area contributed by atoms with E-state index in [0.717, 1.165) is 29.2 Å². The molecule has 0 amide bonds. The first-order valence-corrected chi connectivity index (χ1v) is 9.32. The summed E-state index contributed by atoms with van der Waals surface area (Å²) in [4.78, 5) is 6.50. The van der Waals surface area contributed by atoms with E-state index in [2.05, 4.69) is 20.5 Å². The first kappa shape index (κ1) is 20.6. The Kier molecular flexibility index (Phi) is 6.36. The molecule has 3 aromatic rings. The number of aromatic nitrogens is 3. The van der Waals surface area contributed by atoms with E-state index in [1.165, 1.54) is 12.1 Å². The van der Waals surface area contributed by atoms with E-state index in [0.29, 0.717) is 32.0 Å². The lowest BCUT2D eigenvalue weighted by Gasteiger charge is -2.22. The van der Waals surface area contributed by atoms with Crippen molar-refractivity contribution in [3.05, 3.63) is 65.6 Å². The number of guanidine groups is 1. The second kappa shape index (κ2) is 8.93. The third kappa shape index (κ3) is 5.24. The number of hydrogen-bond donors (Lipinski definition) is 1. The molecule has 2 heterocycles. The van der Waals surface area contributed by atoms with Gasteiger partial charge in [-0.3, -0.25) is 9.39 Å². The van der Waals surface area contributed by atoms with Gasteiger partial charge in [0.05, 0.1) is 5.56 Å². The molecule has 154 valence electrons. The second-order valence-corrected chi connectivity index (χ2v) is 6.58. The predicted molar refractivity (Wildman–Crippen MR) is 106 cm³/mol. The Bertz CT molecular complexity index is 962. The summed E-state index contributed by atoms with van der Waals surface area (Å²) in [6, 6.07) is 10.9. The van der Waals surface area contributed by atoms with E-state index >= 15 is 0 Å². The third-order valence-electron chi connectivity index (χ3n) is 4.38. The summed E-state index contributed by atoms with van der Waals surface area (Å²) in [5.74, 6) is 1.51. The standard InChI is InChI=1S/C20H23F3N6/c1-3-24-19(25-12-11-18-27-26-17-6-4-5-13-29(17)18)28(2)14-15-7-9-16(10-8-15)20(21,22)23/h4-10,13H,3,11-12,14H2,1-2H3,(H,24,25). The Labute approximate surface area is 167 Å². The summed E-state index contributed by atoms with van der Waals surface area (Å²) < 4.78 is 40.1. The van der Waals surface area contributed by atoms with Crippen molar-refractivity contribution in [2.75, 3.05) is 20.1 Å². The predicted octanol–water partition coefficient (Wildman–Crippen LogP) is 3.39. The molecule has 0 aliphatic carbocycles. The van der Waals surface area contributed by atoms with Gasteiger partial charge in [0.1, 0.15) is 5.82 Å². The largest absolute Gasteiger partial charge is 0.416 e. The average Bonchev–Trinajstić information content (AvgIpc) is 3.10. The number of pyridine rings is 1. The number of halogens is 3. The van der Waals surface area contributed by atoms with Crippen LogP contribution in [0.2, 0.25) is 0 Å². The van der Waals surface area contributed by atoms with Crippen molar-refractivity contribution in [3.8, 4) is 0 Å². The SMILES string of the molecule is CCNC(=NCCc1nnc2ccccn12)N(C)Cc1ccc(C(F)(F)F)cc1. The van der Waals surface area contributed by atoms with Crippen LogP contribution in [-0.4, -0.2) is 45.6 Å². The molecule has 0 saturated carbocycles. The van der Waals surface area contributed by atoms with E-state index in [1.807, 2.05) is 47.7 Å². The minimum Gasteiger partial charge on any atom is -0.357 e. The molecule has 0 radical (unpaired) electrons. The number of rotatable bonds is 6. The van der Waals surface area contributed by atoms with Gasteiger partial charge < -0.3 is 10.2 Å². The van der Waals surface area contributed by atoms with E-state index in [1.54, 1.807) is 0 Å². The van der Waals surface area contributed by atoms with Crippen LogP contribution in [0.25, 0.3) is 5.65 Å². The lowest BCUT2D eigenvalue weighted by molar-refractivity contribution is -0.137. The van der Waals surface area contributed by atoms with Crippen LogP contribution in [0.3, 0.4) is 0 Å². The highest BCUT2D eigenvalue weighted by Crippen LogP contribution is 2.29. The average molecular weight is 404 g/mol. The molecule has 6 nitrogen and oxygen atoms in total. The molecule has 0 bridgehead atoms. The van der Waals surface area contributed by atoms with Crippen LogP contribution < -0.4 is 5.32 Å². The van der Waals surface area contributed by atoms with Crippen LogP contribution in [0.5, 0.6) is 0 Å². The van der Waals surface area contributed by atoms with Gasteiger partial charge in [-0.25, -0.2) is 0 Å². The highest BCUT2D eigenvalue weighted by atomic mass is 19.4. The Hall–Kier alpha value is -3.10. The Morgan fingerprint density at radius 3 is 2.59 bits per heavy atom. The van der Waals surface area contributed by atoms with Crippen molar-refractivity contribution in [2.24, 2.45) is 4.99 Å². The van der Waals surface area contributed by atoms with E-state index in [4.69, 9.17) is 0 Å². The zero-order valence-electron chi connectivity index (χ0n) is 16.3. The molecule has 2 aromatic heterocycles. The number of aliphatic imine (C=N–C) groups is 1. The molecule has 29 heavy (non-hydrogen) atoms. The monoisotopic (exact) mass is 404 g/mol. The van der Waals surface area contributed by atoms with Crippen molar-refractivity contribution >= 4 is 11.6 Å². The molecule has 0 aliphatic rings. The summed E-state index contributed by atoms with van der Waals surface area (Å²) >= 11 is 0. The van der Waals surface area contributed by atoms with E-state index in [-0.39, 0.29) is 0 Å². The van der Waals surface area contributed by atoms with Gasteiger partial charge in [-0.05, 0) is 36.8 Å². The molecule has 0 fully saturated rings. The Balaban J connectivity index is 1.64. The third-order valence-corrected chi connectivity index (χ3v) is 4.38. The molecule has 9 heteroatoms. The van der Waals surface area contributed by atoms with Crippen LogP contribution >= 0.6 is 0 Å². The zero-order chi connectivity index (χ0) is 20.9. The summed E-state index contributed by atoms with van der Waals surface area (Å²) in [6.45, 7) is 3.60. The van der Waals surface area contributed by atoms with Crippen molar-refractivity contribution in [2.45, 2.75) is 26.1 Å². The van der Waals surface area contributed by atoms with Crippen molar-refractivity contribution < 1.29 is 13.2 Å². The van der Waals surface area contributed by atoms with Gasteiger partial charge in [-0.1, -0.05) is 18.2 Å². The van der Waals surface area contributed by atoms with Crippen LogP contribution in [-0.2, 0) is 19.1 Å². The van der Waals surface area contributed by atoms with Crippen LogP contribution in [0.15, 0.2) is 53.7 Å². The maximum atomic E-state index is 12.7. The van der Waals surface area contributed by atoms with Gasteiger partial charge in [-0.2, -0.15) is 13.2 Å². The van der Waals surface area contributed by atoms with Gasteiger partial charge in [0.25, 0.3) is 0 Å². The minimum atomic E-state index is -4.33. The Morgan fingerprint density at radius 2 is 1.90 bits per heavy atom. The summed E-state index contributed by atoms with van der Waals surface area (Å²) in [6.07, 6.45) is -1.79. The lowest BCUT2D eigenvalue weighted by Crippen LogP contribution is -2.38. The van der Waals surface area contributed by atoms with Gasteiger partial charge in [0.15, 0.2) is 11.6 Å². The molecule has 1 aromatic carbocycles. The van der Waals surface area contributed by atoms with Gasteiger partial charge in [0.2, 0.25) is 0 Å². The maximum absolute atomic E-state index is 12.7. The molecule has 0 atom stereocenters. The quantitative estimate of drug-likeness (QED) is 0.506. The molecule has 0 unspecified atom stereocenters. The van der Waals surface area contributed by atoms with Crippen LogP contribution in [0.4, 0.5) is 13.2 Å². The molecule has 3 rings (SSSR count). The smallest absolute Gasteiger partial charge is 0.357 e. The van der Waals surface area contributed by atoms with Crippen LogP contribution in [0.1, 0.15) is 23.9 Å². The molecular formula is C20H23F3N6. The lowest BCUT2D eigenvalue weighted by atomic mass is 10.1. The van der Waals surface area contributed by atoms with Gasteiger partial charge >= 0.3 is 6.18 Å². The number of nitrogens with one attached hydrogen (secondary N) is 1. The van der Waals surface area contributed by atoms with Crippen LogP contribution in [0, 0.1) is 0 Å². The molecule has 0 aliphatic heterocycles. The van der Waals surface area contributed by atoms with Gasteiger partial charge in [-0.15, -0.1) is 10.2 Å². The number of nitrogens with zero attached hydrogens (tertiary/aromatic N) is 5. The van der Waals surface area contributed by atoms with Crippen molar-refractivity contribution in [3.63, 3.8) is 0 Å². The summed E-state index contributed by atoms with van der Waals surface area (Å²) in [5.41, 5.74) is 0.914.